The van der Waals surface area contributed by atoms with Crippen molar-refractivity contribution < 1.29 is 4.74 Å². The Hall–Kier alpha value is -2.06. The SMILES string of the molecule is COc1ccc2c(c1)C(C1CCNCC1)c1ccccc1C=C2. The first-order valence-corrected chi connectivity index (χ1v) is 8.52. The molecule has 0 aromatic heterocycles. The summed E-state index contributed by atoms with van der Waals surface area (Å²) < 4.78 is 5.51. The highest BCUT2D eigenvalue weighted by Gasteiger charge is 2.30. The summed E-state index contributed by atoms with van der Waals surface area (Å²) in [6.45, 7) is 2.24. The second-order valence-corrected chi connectivity index (χ2v) is 6.52. The molecular formula is C21H23NO. The van der Waals surface area contributed by atoms with E-state index < -0.39 is 0 Å². The van der Waals surface area contributed by atoms with E-state index in [1.165, 1.54) is 35.1 Å². The van der Waals surface area contributed by atoms with Crippen molar-refractivity contribution in [1.29, 1.82) is 0 Å². The lowest BCUT2D eigenvalue weighted by molar-refractivity contribution is 0.341. The Bertz CT molecular complexity index is 728. The number of ether oxygens (including phenoxy) is 1. The largest absolute Gasteiger partial charge is 0.497 e. The molecule has 0 bridgehead atoms. The molecular weight excluding hydrogens is 282 g/mol. The van der Waals surface area contributed by atoms with Crippen LogP contribution in [-0.4, -0.2) is 20.2 Å². The summed E-state index contributed by atoms with van der Waals surface area (Å²) in [6.07, 6.45) is 6.99. The van der Waals surface area contributed by atoms with Gasteiger partial charge in [0, 0.05) is 5.92 Å². The van der Waals surface area contributed by atoms with Gasteiger partial charge in [-0.15, -0.1) is 0 Å². The number of nitrogens with one attached hydrogen (secondary N) is 1. The molecule has 0 saturated carbocycles. The quantitative estimate of drug-likeness (QED) is 0.892. The first-order valence-electron chi connectivity index (χ1n) is 8.52. The third kappa shape index (κ3) is 2.68. The van der Waals surface area contributed by atoms with Crippen LogP contribution in [0.15, 0.2) is 42.5 Å². The summed E-state index contributed by atoms with van der Waals surface area (Å²) in [5.74, 6) is 2.09. The van der Waals surface area contributed by atoms with E-state index in [9.17, 15) is 0 Å². The second-order valence-electron chi connectivity index (χ2n) is 6.52. The fraction of sp³-hybridized carbons (Fsp3) is 0.333. The monoisotopic (exact) mass is 305 g/mol. The van der Waals surface area contributed by atoms with Gasteiger partial charge in [-0.1, -0.05) is 42.5 Å². The van der Waals surface area contributed by atoms with Gasteiger partial charge in [0.15, 0.2) is 0 Å². The van der Waals surface area contributed by atoms with Crippen LogP contribution in [0.25, 0.3) is 12.2 Å². The van der Waals surface area contributed by atoms with Crippen molar-refractivity contribution in [3.05, 3.63) is 64.7 Å². The fourth-order valence-electron chi connectivity index (χ4n) is 4.08. The van der Waals surface area contributed by atoms with Crippen molar-refractivity contribution in [2.75, 3.05) is 20.2 Å². The third-order valence-corrected chi connectivity index (χ3v) is 5.26. The van der Waals surface area contributed by atoms with E-state index in [2.05, 4.69) is 59.9 Å². The minimum atomic E-state index is 0.452. The molecule has 1 aliphatic heterocycles. The van der Waals surface area contributed by atoms with Crippen molar-refractivity contribution in [3.8, 4) is 5.75 Å². The lowest BCUT2D eigenvalue weighted by Crippen LogP contribution is -2.31. The minimum absolute atomic E-state index is 0.452. The Balaban J connectivity index is 1.89. The Morgan fingerprint density at radius 2 is 1.65 bits per heavy atom. The van der Waals surface area contributed by atoms with E-state index in [0.717, 1.165) is 18.8 Å². The van der Waals surface area contributed by atoms with Gasteiger partial charge in [0.1, 0.15) is 5.75 Å². The van der Waals surface area contributed by atoms with Gasteiger partial charge < -0.3 is 10.1 Å². The normalized spacial score (nSPS) is 20.5. The van der Waals surface area contributed by atoms with Gasteiger partial charge in [-0.05, 0) is 66.2 Å². The zero-order valence-electron chi connectivity index (χ0n) is 13.6. The third-order valence-electron chi connectivity index (χ3n) is 5.26. The fourth-order valence-corrected chi connectivity index (χ4v) is 4.08. The van der Waals surface area contributed by atoms with Crippen LogP contribution in [0, 0.1) is 5.92 Å². The average molecular weight is 305 g/mol. The predicted octanol–water partition coefficient (Wildman–Crippen LogP) is 4.31. The molecule has 1 saturated heterocycles. The van der Waals surface area contributed by atoms with Gasteiger partial charge >= 0.3 is 0 Å². The van der Waals surface area contributed by atoms with E-state index >= 15 is 0 Å². The van der Waals surface area contributed by atoms with Crippen LogP contribution in [0.5, 0.6) is 5.75 Å². The molecule has 1 atom stereocenters. The highest BCUT2D eigenvalue weighted by molar-refractivity contribution is 5.77. The van der Waals surface area contributed by atoms with Crippen molar-refractivity contribution in [2.45, 2.75) is 18.8 Å². The Labute approximate surface area is 138 Å². The molecule has 0 radical (unpaired) electrons. The molecule has 2 aromatic rings. The standard InChI is InChI=1S/C21H23NO/c1-23-18-9-8-16-7-6-15-4-2-3-5-19(15)21(20(16)14-18)17-10-12-22-13-11-17/h2-9,14,17,21-22H,10-13H2,1H3. The topological polar surface area (TPSA) is 21.3 Å². The number of fused-ring (bicyclic) bond motifs is 2. The summed E-state index contributed by atoms with van der Waals surface area (Å²) in [7, 11) is 1.75. The maximum atomic E-state index is 5.51. The molecule has 2 aliphatic rings. The predicted molar refractivity (Wildman–Crippen MR) is 95.8 cm³/mol. The number of hydrogen-bond donors (Lipinski definition) is 1. The van der Waals surface area contributed by atoms with Gasteiger partial charge in [-0.25, -0.2) is 0 Å². The summed E-state index contributed by atoms with van der Waals surface area (Å²) >= 11 is 0. The van der Waals surface area contributed by atoms with Crippen LogP contribution in [-0.2, 0) is 0 Å². The summed E-state index contributed by atoms with van der Waals surface area (Å²) in [5, 5.41) is 3.50. The van der Waals surface area contributed by atoms with Crippen molar-refractivity contribution in [2.24, 2.45) is 5.92 Å². The molecule has 0 amide bonds. The van der Waals surface area contributed by atoms with Crippen LogP contribution in [0.1, 0.15) is 41.0 Å². The molecule has 2 aromatic carbocycles. The van der Waals surface area contributed by atoms with Gasteiger partial charge in [-0.3, -0.25) is 0 Å². The Morgan fingerprint density at radius 1 is 0.913 bits per heavy atom. The van der Waals surface area contributed by atoms with E-state index in [-0.39, 0.29) is 0 Å². The highest BCUT2D eigenvalue weighted by Crippen LogP contribution is 2.43. The van der Waals surface area contributed by atoms with Crippen LogP contribution in [0.4, 0.5) is 0 Å². The van der Waals surface area contributed by atoms with Crippen molar-refractivity contribution >= 4 is 12.2 Å². The maximum Gasteiger partial charge on any atom is 0.119 e. The molecule has 1 aliphatic carbocycles. The molecule has 1 N–H and O–H groups in total. The molecule has 1 heterocycles. The lowest BCUT2D eigenvalue weighted by Gasteiger charge is -2.32. The number of hydrogen-bond acceptors (Lipinski definition) is 2. The molecule has 23 heavy (non-hydrogen) atoms. The van der Waals surface area contributed by atoms with Crippen molar-refractivity contribution in [3.63, 3.8) is 0 Å². The number of piperidine rings is 1. The number of methoxy groups -OCH3 is 1. The molecule has 118 valence electrons. The van der Waals surface area contributed by atoms with E-state index in [4.69, 9.17) is 4.74 Å². The van der Waals surface area contributed by atoms with Crippen LogP contribution < -0.4 is 10.1 Å². The molecule has 4 rings (SSSR count). The minimum Gasteiger partial charge on any atom is -0.497 e. The van der Waals surface area contributed by atoms with Gasteiger partial charge in [-0.2, -0.15) is 0 Å². The van der Waals surface area contributed by atoms with Crippen LogP contribution >= 0.6 is 0 Å². The first kappa shape index (κ1) is 14.5. The van der Waals surface area contributed by atoms with Gasteiger partial charge in [0.2, 0.25) is 0 Å². The molecule has 1 unspecified atom stereocenters. The Kier molecular flexibility index (Phi) is 3.92. The summed E-state index contributed by atoms with van der Waals surface area (Å²) in [6, 6.07) is 15.4. The van der Waals surface area contributed by atoms with Gasteiger partial charge in [0.25, 0.3) is 0 Å². The Morgan fingerprint density at radius 3 is 2.43 bits per heavy atom. The second kappa shape index (κ2) is 6.21. The highest BCUT2D eigenvalue weighted by atomic mass is 16.5. The summed E-state index contributed by atoms with van der Waals surface area (Å²) in [5.41, 5.74) is 5.55. The average Bonchev–Trinajstić information content (AvgIpc) is 2.78. The van der Waals surface area contributed by atoms with Crippen LogP contribution in [0.2, 0.25) is 0 Å². The molecule has 2 heteroatoms. The number of rotatable bonds is 2. The lowest BCUT2D eigenvalue weighted by atomic mass is 9.74. The van der Waals surface area contributed by atoms with Crippen molar-refractivity contribution in [1.82, 2.24) is 5.32 Å². The van der Waals surface area contributed by atoms with Gasteiger partial charge in [0.05, 0.1) is 7.11 Å². The molecule has 0 spiro atoms. The zero-order valence-corrected chi connectivity index (χ0v) is 13.6. The first-order chi connectivity index (χ1) is 11.4. The maximum absolute atomic E-state index is 5.51. The van der Waals surface area contributed by atoms with E-state index in [1.807, 2.05) is 0 Å². The zero-order chi connectivity index (χ0) is 15.6. The number of benzene rings is 2. The molecule has 2 nitrogen and oxygen atoms in total. The van der Waals surface area contributed by atoms with E-state index in [0.29, 0.717) is 11.8 Å². The summed E-state index contributed by atoms with van der Waals surface area (Å²) in [4.78, 5) is 0. The molecule has 1 fully saturated rings. The smallest absolute Gasteiger partial charge is 0.119 e. The van der Waals surface area contributed by atoms with Crippen LogP contribution in [0.3, 0.4) is 0 Å². The van der Waals surface area contributed by atoms with E-state index in [1.54, 1.807) is 7.11 Å².